The molecule has 0 fully saturated rings. The Balaban J connectivity index is 0.000000247. The molecule has 2 heterocycles. The third-order valence-electron chi connectivity index (χ3n) is 6.14. The number of nitrogens with zero attached hydrogens (tertiary/aromatic N) is 2. The Labute approximate surface area is 260 Å². The van der Waals surface area contributed by atoms with Crippen LogP contribution in [0, 0.1) is 23.3 Å². The van der Waals surface area contributed by atoms with Crippen molar-refractivity contribution in [2.24, 2.45) is 17.4 Å². The number of carbonyl (C=O) groups excluding carboxylic acids is 2. The molecule has 0 saturated carbocycles. The zero-order valence-electron chi connectivity index (χ0n) is 24.2. The Morgan fingerprint density at radius 2 is 1.40 bits per heavy atom. The van der Waals surface area contributed by atoms with Gasteiger partial charge in [-0.3, -0.25) is 9.59 Å². The van der Waals surface area contributed by atoms with E-state index in [1.54, 1.807) is 24.3 Å². The molecule has 9 nitrogen and oxygen atoms in total. The van der Waals surface area contributed by atoms with Crippen LogP contribution in [0.4, 0.5) is 0 Å². The smallest absolute Gasteiger partial charge is 0.250 e. The number of pyridine rings is 2. The van der Waals surface area contributed by atoms with E-state index >= 15 is 0 Å². The molecule has 0 atom stereocenters. The van der Waals surface area contributed by atoms with E-state index in [9.17, 15) is 9.59 Å². The number of primary amides is 2. The van der Waals surface area contributed by atoms with E-state index in [1.807, 2.05) is 37.3 Å². The minimum atomic E-state index is -0.502. The van der Waals surface area contributed by atoms with Gasteiger partial charge in [0.2, 0.25) is 23.6 Å². The number of benzene rings is 2. The summed E-state index contributed by atoms with van der Waals surface area (Å²) in [6, 6.07) is 18.2. The maximum absolute atomic E-state index is 11.1. The summed E-state index contributed by atoms with van der Waals surface area (Å²) >= 11 is 2.22. The molecule has 42 heavy (non-hydrogen) atoms. The molecular formula is C32H36IN5O4. The number of aromatic nitrogens is 2. The lowest BCUT2D eigenvalue weighted by Gasteiger charge is -2.14. The zero-order valence-corrected chi connectivity index (χ0v) is 26.3. The highest BCUT2D eigenvalue weighted by molar-refractivity contribution is 14.1. The Morgan fingerprint density at radius 1 is 0.833 bits per heavy atom. The van der Waals surface area contributed by atoms with E-state index < -0.39 is 11.8 Å². The Morgan fingerprint density at radius 3 is 1.90 bits per heavy atom. The molecule has 220 valence electrons. The average molecular weight is 682 g/mol. The summed E-state index contributed by atoms with van der Waals surface area (Å²) in [6.45, 7) is 10.4. The fourth-order valence-electron chi connectivity index (χ4n) is 3.67. The number of ether oxygens (including phenoxy) is 2. The molecule has 4 aromatic rings. The van der Waals surface area contributed by atoms with E-state index in [0.717, 1.165) is 28.0 Å². The largest absolute Gasteiger partial charge is 0.439 e. The second kappa shape index (κ2) is 15.8. The Bertz CT molecular complexity index is 1480. The number of nitrogens with one attached hydrogen (secondary N) is 1. The minimum Gasteiger partial charge on any atom is -0.439 e. The normalized spacial score (nSPS) is 10.5. The Kier molecular flexibility index (Phi) is 12.2. The molecule has 0 aliphatic heterocycles. The summed E-state index contributed by atoms with van der Waals surface area (Å²) in [5, 5.41) is 3.49. The van der Waals surface area contributed by atoms with Crippen molar-refractivity contribution < 1.29 is 19.1 Å². The summed E-state index contributed by atoms with van der Waals surface area (Å²) in [5.74, 6) is 2.04. The highest BCUT2D eigenvalue weighted by Crippen LogP contribution is 2.27. The van der Waals surface area contributed by atoms with Gasteiger partial charge in [-0.05, 0) is 114 Å². The molecule has 0 aliphatic carbocycles. The first kappa shape index (κ1) is 32.5. The maximum atomic E-state index is 11.1. The monoisotopic (exact) mass is 681 g/mol. The van der Waals surface area contributed by atoms with Crippen LogP contribution in [0.5, 0.6) is 23.3 Å². The first-order valence-corrected chi connectivity index (χ1v) is 14.5. The topological polar surface area (TPSA) is 142 Å². The third-order valence-corrected chi connectivity index (χ3v) is 6.86. The van der Waals surface area contributed by atoms with Gasteiger partial charge in [0.15, 0.2) is 0 Å². The number of nitrogens with two attached hydrogens (primary N) is 2. The highest BCUT2D eigenvalue weighted by atomic mass is 127. The van der Waals surface area contributed by atoms with Crippen LogP contribution in [0.2, 0.25) is 0 Å². The SMILES string of the molecule is Cc1cc(Oc2ccc(C(N)=O)cn2)c(C)cc1CNCCC(C)C.NC(=O)c1ccc(Oc2ccc(I)cc2)nc1. The summed E-state index contributed by atoms with van der Waals surface area (Å²) in [4.78, 5) is 30.1. The number of carbonyl (C=O) groups is 2. The summed E-state index contributed by atoms with van der Waals surface area (Å²) in [7, 11) is 0. The van der Waals surface area contributed by atoms with Crippen LogP contribution in [0.25, 0.3) is 0 Å². The van der Waals surface area contributed by atoms with Crippen molar-refractivity contribution >= 4 is 34.4 Å². The van der Waals surface area contributed by atoms with Crippen LogP contribution in [0.1, 0.15) is 57.7 Å². The van der Waals surface area contributed by atoms with Gasteiger partial charge >= 0.3 is 0 Å². The van der Waals surface area contributed by atoms with Gasteiger partial charge in [-0.2, -0.15) is 0 Å². The van der Waals surface area contributed by atoms with Crippen molar-refractivity contribution in [3.8, 4) is 23.3 Å². The molecule has 0 spiro atoms. The van der Waals surface area contributed by atoms with Gasteiger partial charge in [-0.25, -0.2) is 9.97 Å². The third kappa shape index (κ3) is 10.4. The van der Waals surface area contributed by atoms with Crippen LogP contribution < -0.4 is 26.3 Å². The molecule has 4 rings (SSSR count). The van der Waals surface area contributed by atoms with E-state index in [1.165, 1.54) is 29.9 Å². The number of hydrogen-bond donors (Lipinski definition) is 3. The lowest BCUT2D eigenvalue weighted by molar-refractivity contribution is 0.0991. The molecule has 0 radical (unpaired) electrons. The average Bonchev–Trinajstić information content (AvgIpc) is 2.95. The van der Waals surface area contributed by atoms with Crippen LogP contribution in [0.3, 0.4) is 0 Å². The second-order valence-corrected chi connectivity index (χ2v) is 11.3. The number of halogens is 1. The molecule has 0 unspecified atom stereocenters. The van der Waals surface area contributed by atoms with Gasteiger partial charge < -0.3 is 26.3 Å². The van der Waals surface area contributed by atoms with Crippen molar-refractivity contribution in [1.29, 1.82) is 0 Å². The van der Waals surface area contributed by atoms with Gasteiger partial charge in [0.1, 0.15) is 11.5 Å². The molecule has 0 saturated heterocycles. The van der Waals surface area contributed by atoms with E-state index in [-0.39, 0.29) is 0 Å². The van der Waals surface area contributed by atoms with E-state index in [4.69, 9.17) is 20.9 Å². The standard InChI is InChI=1S/C20H27N3O2.C12H9IN2O2/c1-13(2)7-8-22-11-17-9-15(4)18(10-14(17)3)25-19-6-5-16(12-23-19)20(21)24;13-9-2-4-10(5-3-9)17-11-6-1-8(7-15-11)12(14)16/h5-6,9-10,12-13,22H,7-8,11H2,1-4H3,(H2,21,24);1-7H,(H2,14,16). The number of hydrogen-bond acceptors (Lipinski definition) is 7. The molecule has 10 heteroatoms. The van der Waals surface area contributed by atoms with Crippen molar-refractivity contribution in [2.75, 3.05) is 6.54 Å². The van der Waals surface area contributed by atoms with Crippen LogP contribution in [-0.2, 0) is 6.54 Å². The molecule has 2 amide bonds. The van der Waals surface area contributed by atoms with Crippen molar-refractivity contribution in [3.63, 3.8) is 0 Å². The number of amides is 2. The van der Waals surface area contributed by atoms with Crippen molar-refractivity contribution in [1.82, 2.24) is 15.3 Å². The quantitative estimate of drug-likeness (QED) is 0.125. The van der Waals surface area contributed by atoms with Crippen LogP contribution in [0.15, 0.2) is 73.1 Å². The van der Waals surface area contributed by atoms with E-state index in [0.29, 0.717) is 34.6 Å². The summed E-state index contributed by atoms with van der Waals surface area (Å²) in [6.07, 6.45) is 3.99. The summed E-state index contributed by atoms with van der Waals surface area (Å²) < 4.78 is 12.5. The molecular weight excluding hydrogens is 645 g/mol. The lowest BCUT2D eigenvalue weighted by Crippen LogP contribution is -2.17. The maximum Gasteiger partial charge on any atom is 0.250 e. The predicted molar refractivity (Wildman–Crippen MR) is 172 cm³/mol. The molecule has 0 aliphatic rings. The molecule has 2 aromatic heterocycles. The first-order valence-electron chi connectivity index (χ1n) is 13.5. The number of rotatable bonds is 11. The second-order valence-electron chi connectivity index (χ2n) is 10.1. The van der Waals surface area contributed by atoms with Gasteiger partial charge in [-0.1, -0.05) is 19.9 Å². The molecule has 2 aromatic carbocycles. The van der Waals surface area contributed by atoms with E-state index in [2.05, 4.69) is 64.7 Å². The van der Waals surface area contributed by atoms with Crippen molar-refractivity contribution in [3.05, 3.63) is 104 Å². The first-order chi connectivity index (χ1) is 20.0. The minimum absolute atomic E-state index is 0.361. The molecule has 5 N–H and O–H groups in total. The van der Waals surface area contributed by atoms with Crippen molar-refractivity contribution in [2.45, 2.75) is 40.7 Å². The fraction of sp³-hybridized carbons (Fsp3) is 0.250. The van der Waals surface area contributed by atoms with Crippen LogP contribution >= 0.6 is 22.6 Å². The fourth-order valence-corrected chi connectivity index (χ4v) is 4.03. The van der Waals surface area contributed by atoms with Gasteiger partial charge in [0.05, 0.1) is 11.1 Å². The van der Waals surface area contributed by atoms with Crippen LogP contribution in [-0.4, -0.2) is 28.3 Å². The van der Waals surface area contributed by atoms with Gasteiger partial charge in [0.25, 0.3) is 0 Å². The molecule has 0 bridgehead atoms. The zero-order chi connectivity index (χ0) is 30.6. The Hall–Kier alpha value is -4.03. The van der Waals surface area contributed by atoms with Gasteiger partial charge in [0, 0.05) is 34.6 Å². The number of aryl methyl sites for hydroxylation is 2. The highest BCUT2D eigenvalue weighted by Gasteiger charge is 2.09. The predicted octanol–water partition coefficient (Wildman–Crippen LogP) is 6.30. The van der Waals surface area contributed by atoms with Gasteiger partial charge in [-0.15, -0.1) is 0 Å². The summed E-state index contributed by atoms with van der Waals surface area (Å²) in [5.41, 5.74) is 14.5. The lowest BCUT2D eigenvalue weighted by atomic mass is 10.0.